The van der Waals surface area contributed by atoms with E-state index < -0.39 is 0 Å². The highest BCUT2D eigenvalue weighted by Gasteiger charge is 2.19. The van der Waals surface area contributed by atoms with E-state index in [2.05, 4.69) is 53.1 Å². The van der Waals surface area contributed by atoms with Crippen LogP contribution in [0.5, 0.6) is 5.75 Å². The maximum atomic E-state index is 5.73. The molecule has 29 heavy (non-hydrogen) atoms. The molecule has 4 rings (SSSR count). The van der Waals surface area contributed by atoms with E-state index in [0.29, 0.717) is 0 Å². The van der Waals surface area contributed by atoms with Crippen LogP contribution in [0, 0.1) is 18.6 Å². The Morgan fingerprint density at radius 2 is 1.52 bits per heavy atom. The van der Waals surface area contributed by atoms with Gasteiger partial charge >= 0.3 is 0 Å². The minimum atomic E-state index is 0.717. The molecule has 1 aliphatic heterocycles. The van der Waals surface area contributed by atoms with Crippen molar-refractivity contribution in [1.82, 2.24) is 19.2 Å². The Bertz CT molecular complexity index is 1010. The zero-order chi connectivity index (χ0) is 20.4. The number of hydrogen-bond donors (Lipinski definition) is 0. The minimum absolute atomic E-state index is 0.717. The summed E-state index contributed by atoms with van der Waals surface area (Å²) >= 11 is 5.73. The van der Waals surface area contributed by atoms with E-state index >= 15 is 0 Å². The van der Waals surface area contributed by atoms with Crippen molar-refractivity contribution >= 4 is 17.9 Å². The lowest BCUT2D eigenvalue weighted by Gasteiger charge is -2.35. The number of nitrogens with zero attached hydrogens (tertiary/aromatic N) is 5. The van der Waals surface area contributed by atoms with Crippen molar-refractivity contribution in [3.05, 3.63) is 64.7 Å². The second kappa shape index (κ2) is 8.39. The molecule has 1 aromatic heterocycles. The van der Waals surface area contributed by atoms with E-state index in [1.807, 2.05) is 28.3 Å². The summed E-state index contributed by atoms with van der Waals surface area (Å²) in [6.45, 7) is 8.73. The third-order valence-electron chi connectivity index (χ3n) is 5.44. The topological polar surface area (TPSA) is 38.5 Å². The molecule has 0 spiro atoms. The molecule has 0 amide bonds. The Morgan fingerprint density at radius 1 is 0.897 bits per heavy atom. The zero-order valence-corrected chi connectivity index (χ0v) is 18.0. The van der Waals surface area contributed by atoms with Crippen LogP contribution in [0.2, 0.25) is 0 Å². The Labute approximate surface area is 176 Å². The number of aromatic nitrogens is 3. The molecule has 0 unspecified atom stereocenters. The molecule has 0 radical (unpaired) electrons. The number of piperazine rings is 1. The summed E-state index contributed by atoms with van der Waals surface area (Å²) in [5.74, 6) is 1.80. The molecule has 0 aliphatic carbocycles. The molecule has 2 aromatic carbocycles. The van der Waals surface area contributed by atoms with E-state index in [9.17, 15) is 0 Å². The average molecular weight is 410 g/mol. The quantitative estimate of drug-likeness (QED) is 0.599. The summed E-state index contributed by atoms with van der Waals surface area (Å²) in [5, 5.41) is 4.71. The van der Waals surface area contributed by atoms with Crippen LogP contribution in [-0.4, -0.2) is 52.5 Å². The summed E-state index contributed by atoms with van der Waals surface area (Å²) in [6, 6.07) is 16.7. The van der Waals surface area contributed by atoms with E-state index in [1.54, 1.807) is 7.11 Å². The fraction of sp³-hybridized carbons (Fsp3) is 0.364. The van der Waals surface area contributed by atoms with Crippen molar-refractivity contribution < 1.29 is 4.74 Å². The molecule has 1 saturated heterocycles. The molecule has 2 heterocycles. The van der Waals surface area contributed by atoms with Crippen LogP contribution >= 0.6 is 12.2 Å². The van der Waals surface area contributed by atoms with Gasteiger partial charge in [0, 0.05) is 37.6 Å². The fourth-order valence-electron chi connectivity index (χ4n) is 3.73. The number of ether oxygens (including phenoxy) is 1. The first-order valence-electron chi connectivity index (χ1n) is 9.90. The fourth-order valence-corrected chi connectivity index (χ4v) is 4.07. The number of benzene rings is 2. The van der Waals surface area contributed by atoms with Gasteiger partial charge in [0.1, 0.15) is 11.6 Å². The van der Waals surface area contributed by atoms with Crippen molar-refractivity contribution in [1.29, 1.82) is 0 Å². The molecule has 0 bridgehead atoms. The van der Waals surface area contributed by atoms with Gasteiger partial charge in [-0.25, -0.2) is 4.68 Å². The summed E-state index contributed by atoms with van der Waals surface area (Å²) < 4.78 is 9.97. The molecular weight excluding hydrogens is 382 g/mol. The van der Waals surface area contributed by atoms with Gasteiger partial charge in [0.15, 0.2) is 0 Å². The van der Waals surface area contributed by atoms with Crippen LogP contribution in [0.3, 0.4) is 0 Å². The highest BCUT2D eigenvalue weighted by atomic mass is 32.1. The van der Waals surface area contributed by atoms with Gasteiger partial charge in [-0.2, -0.15) is 5.10 Å². The third kappa shape index (κ3) is 4.21. The van der Waals surface area contributed by atoms with Gasteiger partial charge in [-0.1, -0.05) is 17.7 Å². The maximum Gasteiger partial charge on any atom is 0.203 e. The Kier molecular flexibility index (Phi) is 5.69. The van der Waals surface area contributed by atoms with Crippen LogP contribution in [0.25, 0.3) is 5.69 Å². The predicted octanol–water partition coefficient (Wildman–Crippen LogP) is 3.81. The molecule has 0 atom stereocenters. The van der Waals surface area contributed by atoms with Crippen LogP contribution in [0.15, 0.2) is 48.5 Å². The van der Waals surface area contributed by atoms with Gasteiger partial charge in [-0.15, -0.1) is 0 Å². The number of rotatable bonds is 5. The Morgan fingerprint density at radius 3 is 2.14 bits per heavy atom. The minimum Gasteiger partial charge on any atom is -0.497 e. The molecule has 1 fully saturated rings. The first-order chi connectivity index (χ1) is 14.0. The molecular formula is C22H27N5OS. The lowest BCUT2D eigenvalue weighted by atomic mass is 10.2. The molecule has 0 saturated carbocycles. The van der Waals surface area contributed by atoms with Gasteiger partial charge in [-0.3, -0.25) is 9.47 Å². The van der Waals surface area contributed by atoms with Crippen LogP contribution in [0.1, 0.15) is 11.4 Å². The van der Waals surface area contributed by atoms with Crippen LogP contribution in [-0.2, 0) is 6.67 Å². The number of aryl methyl sites for hydroxylation is 2. The monoisotopic (exact) mass is 409 g/mol. The normalized spacial score (nSPS) is 14.9. The van der Waals surface area contributed by atoms with Crippen molar-refractivity contribution in [2.45, 2.75) is 20.5 Å². The summed E-state index contributed by atoms with van der Waals surface area (Å²) in [7, 11) is 1.70. The largest absolute Gasteiger partial charge is 0.497 e. The highest BCUT2D eigenvalue weighted by molar-refractivity contribution is 7.71. The van der Waals surface area contributed by atoms with Crippen molar-refractivity contribution in [2.75, 3.05) is 38.2 Å². The molecule has 3 aromatic rings. The molecule has 152 valence electrons. The van der Waals surface area contributed by atoms with Crippen LogP contribution < -0.4 is 9.64 Å². The second-order valence-corrected chi connectivity index (χ2v) is 7.81. The first kappa shape index (κ1) is 19.7. The Hall–Kier alpha value is -2.64. The molecule has 7 heteroatoms. The van der Waals surface area contributed by atoms with Gasteiger partial charge in [0.25, 0.3) is 0 Å². The molecule has 0 N–H and O–H groups in total. The van der Waals surface area contributed by atoms with Gasteiger partial charge in [0.05, 0.1) is 13.8 Å². The smallest absolute Gasteiger partial charge is 0.203 e. The highest BCUT2D eigenvalue weighted by Crippen LogP contribution is 2.21. The van der Waals surface area contributed by atoms with Gasteiger partial charge in [0.2, 0.25) is 4.77 Å². The lowest BCUT2D eigenvalue weighted by molar-refractivity contribution is 0.194. The standard InChI is InChI=1S/C22H27N5OS/c1-17-4-6-20(7-5-17)27-18(2)23-26(22(27)29)16-24-12-14-25(15-13-24)19-8-10-21(28-3)11-9-19/h4-11H,12-16H2,1-3H3. The summed E-state index contributed by atoms with van der Waals surface area (Å²) in [4.78, 5) is 4.81. The van der Waals surface area contributed by atoms with Crippen LogP contribution in [0.4, 0.5) is 5.69 Å². The van der Waals surface area contributed by atoms with Crippen molar-refractivity contribution in [3.8, 4) is 11.4 Å². The van der Waals surface area contributed by atoms with E-state index in [-0.39, 0.29) is 0 Å². The number of hydrogen-bond acceptors (Lipinski definition) is 5. The molecule has 6 nitrogen and oxygen atoms in total. The Balaban J connectivity index is 1.42. The SMILES string of the molecule is COc1ccc(N2CCN(Cn3nc(C)n(-c4ccc(C)cc4)c3=S)CC2)cc1. The second-order valence-electron chi connectivity index (χ2n) is 7.44. The van der Waals surface area contributed by atoms with E-state index in [0.717, 1.165) is 54.9 Å². The predicted molar refractivity (Wildman–Crippen MR) is 119 cm³/mol. The zero-order valence-electron chi connectivity index (χ0n) is 17.2. The third-order valence-corrected chi connectivity index (χ3v) is 5.83. The van der Waals surface area contributed by atoms with Crippen molar-refractivity contribution in [2.24, 2.45) is 0 Å². The maximum absolute atomic E-state index is 5.73. The number of anilines is 1. The molecule has 1 aliphatic rings. The summed E-state index contributed by atoms with van der Waals surface area (Å²) in [5.41, 5.74) is 3.54. The average Bonchev–Trinajstić information content (AvgIpc) is 3.02. The first-order valence-corrected chi connectivity index (χ1v) is 10.3. The van der Waals surface area contributed by atoms with Gasteiger partial charge < -0.3 is 9.64 Å². The summed E-state index contributed by atoms with van der Waals surface area (Å²) in [6.07, 6.45) is 0. The van der Waals surface area contributed by atoms with E-state index in [1.165, 1.54) is 11.3 Å². The van der Waals surface area contributed by atoms with Gasteiger partial charge in [-0.05, 0) is 62.5 Å². The number of methoxy groups -OCH3 is 1. The van der Waals surface area contributed by atoms with E-state index in [4.69, 9.17) is 22.1 Å². The lowest BCUT2D eigenvalue weighted by Crippen LogP contribution is -2.47. The van der Waals surface area contributed by atoms with Crippen molar-refractivity contribution in [3.63, 3.8) is 0 Å².